The Balaban J connectivity index is 2.86. The summed E-state index contributed by atoms with van der Waals surface area (Å²) in [6.45, 7) is 4.36. The molecule has 0 aliphatic rings. The Morgan fingerprint density at radius 1 is 1.00 bits per heavy atom. The molecule has 106 valence electrons. The Kier molecular flexibility index (Phi) is 7.24. The van der Waals surface area contributed by atoms with Crippen LogP contribution in [-0.4, -0.2) is 11.1 Å². The summed E-state index contributed by atoms with van der Waals surface area (Å²) in [6.07, 6.45) is 8.90. The van der Waals surface area contributed by atoms with E-state index in [4.69, 9.17) is 0 Å². The van der Waals surface area contributed by atoms with Crippen molar-refractivity contribution in [3.05, 3.63) is 34.9 Å². The van der Waals surface area contributed by atoms with Crippen LogP contribution < -0.4 is 0 Å². The van der Waals surface area contributed by atoms with Gasteiger partial charge in [0.25, 0.3) is 0 Å². The predicted octanol–water partition coefficient (Wildman–Crippen LogP) is 4.85. The van der Waals surface area contributed by atoms with Crippen molar-refractivity contribution in [1.82, 2.24) is 0 Å². The molecule has 0 radical (unpaired) electrons. The predicted molar refractivity (Wildman–Crippen MR) is 79.9 cm³/mol. The van der Waals surface area contributed by atoms with Gasteiger partial charge in [0.1, 0.15) is 0 Å². The molecule has 0 spiro atoms. The molecule has 0 aliphatic heterocycles. The average Bonchev–Trinajstić information content (AvgIpc) is 2.40. The van der Waals surface area contributed by atoms with Crippen molar-refractivity contribution in [3.8, 4) is 0 Å². The first-order valence-corrected chi connectivity index (χ1v) is 7.54. The number of rotatable bonds is 9. The van der Waals surface area contributed by atoms with Gasteiger partial charge in [-0.2, -0.15) is 0 Å². The van der Waals surface area contributed by atoms with E-state index >= 15 is 0 Å². The molecular weight excluding hydrogens is 236 g/mol. The Labute approximate surface area is 116 Å². The second-order valence-corrected chi connectivity index (χ2v) is 5.16. The number of carboxylic acid groups (broad SMARTS) is 1. The highest BCUT2D eigenvalue weighted by Crippen LogP contribution is 2.20. The van der Waals surface area contributed by atoms with Crippen molar-refractivity contribution in [2.75, 3.05) is 0 Å². The van der Waals surface area contributed by atoms with Crippen LogP contribution in [0.2, 0.25) is 0 Å². The maximum atomic E-state index is 11.3. The smallest absolute Gasteiger partial charge is 0.335 e. The molecule has 2 nitrogen and oxygen atoms in total. The fraction of sp³-hybridized carbons (Fsp3) is 0.588. The van der Waals surface area contributed by atoms with Gasteiger partial charge in [-0.25, -0.2) is 4.79 Å². The molecule has 1 N–H and O–H groups in total. The van der Waals surface area contributed by atoms with Gasteiger partial charge in [0.2, 0.25) is 0 Å². The van der Waals surface area contributed by atoms with E-state index in [1.54, 1.807) is 6.07 Å². The standard InChI is InChI=1S/C17H26O2/c1-3-5-7-10-14-11-9-13-16(17(18)19)15(14)12-8-6-4-2/h9,11,13H,3-8,10,12H2,1-2H3,(H,18,19). The molecule has 0 bridgehead atoms. The van der Waals surface area contributed by atoms with Crippen LogP contribution in [0, 0.1) is 0 Å². The van der Waals surface area contributed by atoms with Crippen LogP contribution in [-0.2, 0) is 12.8 Å². The Hall–Kier alpha value is -1.31. The van der Waals surface area contributed by atoms with E-state index in [1.165, 1.54) is 31.2 Å². The van der Waals surface area contributed by atoms with Gasteiger partial charge in [0.05, 0.1) is 5.56 Å². The van der Waals surface area contributed by atoms with Crippen molar-refractivity contribution in [2.24, 2.45) is 0 Å². The van der Waals surface area contributed by atoms with Gasteiger partial charge >= 0.3 is 5.97 Å². The van der Waals surface area contributed by atoms with Crippen LogP contribution in [0.5, 0.6) is 0 Å². The van der Waals surface area contributed by atoms with Gasteiger partial charge in [0, 0.05) is 0 Å². The highest BCUT2D eigenvalue weighted by molar-refractivity contribution is 5.89. The minimum atomic E-state index is -0.788. The highest BCUT2D eigenvalue weighted by Gasteiger charge is 2.13. The van der Waals surface area contributed by atoms with Crippen molar-refractivity contribution in [1.29, 1.82) is 0 Å². The van der Waals surface area contributed by atoms with Crippen molar-refractivity contribution in [3.63, 3.8) is 0 Å². The molecule has 0 aliphatic carbocycles. The van der Waals surface area contributed by atoms with Crippen LogP contribution in [0.1, 0.15) is 73.9 Å². The lowest BCUT2D eigenvalue weighted by Gasteiger charge is -2.12. The van der Waals surface area contributed by atoms with E-state index in [-0.39, 0.29) is 0 Å². The molecule has 0 heterocycles. The molecular formula is C17H26O2. The van der Waals surface area contributed by atoms with Gasteiger partial charge in [-0.3, -0.25) is 0 Å². The van der Waals surface area contributed by atoms with E-state index in [0.717, 1.165) is 31.2 Å². The number of aromatic carboxylic acids is 1. The van der Waals surface area contributed by atoms with E-state index in [0.29, 0.717) is 5.56 Å². The number of carbonyl (C=O) groups is 1. The summed E-state index contributed by atoms with van der Waals surface area (Å²) < 4.78 is 0. The maximum absolute atomic E-state index is 11.3. The van der Waals surface area contributed by atoms with Crippen LogP contribution in [0.3, 0.4) is 0 Å². The number of benzene rings is 1. The van der Waals surface area contributed by atoms with Crippen molar-refractivity contribution in [2.45, 2.75) is 65.2 Å². The van der Waals surface area contributed by atoms with Gasteiger partial charge in [-0.05, 0) is 42.9 Å². The third-order valence-electron chi connectivity index (χ3n) is 3.58. The summed E-state index contributed by atoms with van der Waals surface area (Å²) in [5.41, 5.74) is 2.81. The SMILES string of the molecule is CCCCCc1cccc(C(=O)O)c1CCCCC. The fourth-order valence-electron chi connectivity index (χ4n) is 2.48. The van der Waals surface area contributed by atoms with E-state index < -0.39 is 5.97 Å². The lowest BCUT2D eigenvalue weighted by atomic mass is 9.93. The quantitative estimate of drug-likeness (QED) is 0.646. The molecule has 0 unspecified atom stereocenters. The molecule has 0 saturated heterocycles. The Morgan fingerprint density at radius 3 is 2.21 bits per heavy atom. The molecule has 0 fully saturated rings. The number of hydrogen-bond donors (Lipinski definition) is 1. The summed E-state index contributed by atoms with van der Waals surface area (Å²) in [5, 5.41) is 9.32. The van der Waals surface area contributed by atoms with Crippen LogP contribution in [0.4, 0.5) is 0 Å². The number of aryl methyl sites for hydroxylation is 1. The van der Waals surface area contributed by atoms with Gasteiger partial charge in [-0.1, -0.05) is 51.7 Å². The van der Waals surface area contributed by atoms with Crippen molar-refractivity contribution < 1.29 is 9.90 Å². The third-order valence-corrected chi connectivity index (χ3v) is 3.58. The van der Waals surface area contributed by atoms with Crippen LogP contribution in [0.15, 0.2) is 18.2 Å². The van der Waals surface area contributed by atoms with Crippen molar-refractivity contribution >= 4 is 5.97 Å². The summed E-state index contributed by atoms with van der Waals surface area (Å²) >= 11 is 0. The van der Waals surface area contributed by atoms with E-state index in [9.17, 15) is 9.90 Å². The first-order valence-electron chi connectivity index (χ1n) is 7.54. The first-order chi connectivity index (χ1) is 9.20. The topological polar surface area (TPSA) is 37.3 Å². The minimum absolute atomic E-state index is 0.505. The summed E-state index contributed by atoms with van der Waals surface area (Å²) in [5.74, 6) is -0.788. The lowest BCUT2D eigenvalue weighted by Crippen LogP contribution is -2.06. The molecule has 1 rings (SSSR count). The molecule has 0 amide bonds. The van der Waals surface area contributed by atoms with E-state index in [2.05, 4.69) is 19.9 Å². The molecule has 1 aromatic carbocycles. The zero-order chi connectivity index (χ0) is 14.1. The Bertz CT molecular complexity index is 396. The molecule has 0 aromatic heterocycles. The molecule has 2 heteroatoms. The largest absolute Gasteiger partial charge is 0.478 e. The fourth-order valence-corrected chi connectivity index (χ4v) is 2.48. The summed E-state index contributed by atoms with van der Waals surface area (Å²) in [6, 6.07) is 5.73. The summed E-state index contributed by atoms with van der Waals surface area (Å²) in [7, 11) is 0. The monoisotopic (exact) mass is 262 g/mol. The molecule has 0 saturated carbocycles. The molecule has 19 heavy (non-hydrogen) atoms. The minimum Gasteiger partial charge on any atom is -0.478 e. The third kappa shape index (κ3) is 5.06. The molecule has 1 aromatic rings. The zero-order valence-corrected chi connectivity index (χ0v) is 12.2. The van der Waals surface area contributed by atoms with Gasteiger partial charge < -0.3 is 5.11 Å². The van der Waals surface area contributed by atoms with Crippen LogP contribution >= 0.6 is 0 Å². The maximum Gasteiger partial charge on any atom is 0.335 e. The van der Waals surface area contributed by atoms with E-state index in [1.807, 2.05) is 6.07 Å². The molecule has 0 atom stereocenters. The Morgan fingerprint density at radius 2 is 1.63 bits per heavy atom. The normalized spacial score (nSPS) is 10.6. The number of hydrogen-bond acceptors (Lipinski definition) is 1. The number of unbranched alkanes of at least 4 members (excludes halogenated alkanes) is 4. The second-order valence-electron chi connectivity index (χ2n) is 5.16. The first kappa shape index (κ1) is 15.7. The zero-order valence-electron chi connectivity index (χ0n) is 12.2. The van der Waals surface area contributed by atoms with Gasteiger partial charge in [0.15, 0.2) is 0 Å². The number of carboxylic acids is 1. The van der Waals surface area contributed by atoms with Crippen LogP contribution in [0.25, 0.3) is 0 Å². The average molecular weight is 262 g/mol. The second kappa shape index (κ2) is 8.73. The summed E-state index contributed by atoms with van der Waals surface area (Å²) in [4.78, 5) is 11.3. The highest BCUT2D eigenvalue weighted by atomic mass is 16.4. The lowest BCUT2D eigenvalue weighted by molar-refractivity contribution is 0.0695. The van der Waals surface area contributed by atoms with Gasteiger partial charge in [-0.15, -0.1) is 0 Å².